The zero-order valence-electron chi connectivity index (χ0n) is 13.1. The number of aryl methyl sites for hydroxylation is 1. The molecule has 4 rings (SSSR count). The van der Waals surface area contributed by atoms with Crippen LogP contribution in [0.25, 0.3) is 0 Å². The van der Waals surface area contributed by atoms with Gasteiger partial charge in [-0.05, 0) is 38.9 Å². The highest BCUT2D eigenvalue weighted by atomic mass is 32.1. The fourth-order valence-corrected chi connectivity index (χ4v) is 3.73. The molecule has 0 aromatic carbocycles. The monoisotopic (exact) mass is 315 g/mol. The van der Waals surface area contributed by atoms with E-state index >= 15 is 0 Å². The minimum Gasteiger partial charge on any atom is -0.352 e. The third-order valence-corrected chi connectivity index (χ3v) is 5.45. The molecular weight excluding hydrogens is 294 g/mol. The molecule has 2 fully saturated rings. The minimum absolute atomic E-state index is 0.590. The van der Waals surface area contributed by atoms with Gasteiger partial charge in [0.25, 0.3) is 0 Å². The number of hydrogen-bond acceptors (Lipinski definition) is 6. The molecule has 2 aliphatic rings. The number of rotatable bonds is 5. The largest absolute Gasteiger partial charge is 0.352 e. The number of likely N-dealkylation sites (N-methyl/N-ethyl adjacent to an activating group) is 1. The van der Waals surface area contributed by atoms with Crippen LogP contribution >= 0.6 is 11.3 Å². The van der Waals surface area contributed by atoms with Crippen molar-refractivity contribution in [3.05, 3.63) is 33.9 Å². The van der Waals surface area contributed by atoms with Crippen molar-refractivity contribution in [2.75, 3.05) is 25.0 Å². The second-order valence-corrected chi connectivity index (χ2v) is 7.73. The van der Waals surface area contributed by atoms with E-state index in [4.69, 9.17) is 0 Å². The van der Waals surface area contributed by atoms with Gasteiger partial charge >= 0.3 is 0 Å². The first-order valence-corrected chi connectivity index (χ1v) is 8.71. The number of thiazole rings is 1. The molecular formula is C16H21N5S. The smallest absolute Gasteiger partial charge is 0.151 e. The molecule has 1 aliphatic carbocycles. The fraction of sp³-hybridized carbons (Fsp3) is 0.562. The Morgan fingerprint density at radius 1 is 1.27 bits per heavy atom. The topological polar surface area (TPSA) is 45.2 Å². The van der Waals surface area contributed by atoms with E-state index in [1.54, 1.807) is 11.3 Å². The summed E-state index contributed by atoms with van der Waals surface area (Å²) in [4.78, 5) is 10.4. The van der Waals surface area contributed by atoms with Gasteiger partial charge in [-0.2, -0.15) is 5.10 Å². The van der Waals surface area contributed by atoms with Crippen LogP contribution in [0, 0.1) is 6.92 Å². The summed E-state index contributed by atoms with van der Waals surface area (Å²) in [5, 5.41) is 9.91. The molecule has 116 valence electrons. The van der Waals surface area contributed by atoms with Crippen LogP contribution in [0.4, 0.5) is 5.82 Å². The molecule has 1 aliphatic heterocycles. The number of anilines is 1. The van der Waals surface area contributed by atoms with Gasteiger partial charge in [-0.3, -0.25) is 4.90 Å². The molecule has 0 bridgehead atoms. The minimum atomic E-state index is 0.590. The first-order valence-electron chi connectivity index (χ1n) is 7.89. The van der Waals surface area contributed by atoms with Gasteiger partial charge in [-0.1, -0.05) is 0 Å². The molecule has 1 saturated heterocycles. The summed E-state index contributed by atoms with van der Waals surface area (Å²) in [7, 11) is 2.19. The highest BCUT2D eigenvalue weighted by Gasteiger charge is 2.32. The molecule has 2 aromatic heterocycles. The molecule has 0 unspecified atom stereocenters. The van der Waals surface area contributed by atoms with Crippen LogP contribution in [0.2, 0.25) is 0 Å². The quantitative estimate of drug-likeness (QED) is 0.848. The van der Waals surface area contributed by atoms with Crippen molar-refractivity contribution < 1.29 is 0 Å². The van der Waals surface area contributed by atoms with Crippen LogP contribution in [0.15, 0.2) is 18.3 Å². The summed E-state index contributed by atoms with van der Waals surface area (Å²) in [5.41, 5.74) is 1.17. The van der Waals surface area contributed by atoms with Crippen LogP contribution in [-0.4, -0.2) is 46.3 Å². The summed E-state index contributed by atoms with van der Waals surface area (Å²) in [6.45, 7) is 5.11. The predicted octanol–water partition coefficient (Wildman–Crippen LogP) is 2.44. The number of nitrogens with zero attached hydrogens (tertiary/aromatic N) is 5. The summed E-state index contributed by atoms with van der Waals surface area (Å²) >= 11 is 1.79. The highest BCUT2D eigenvalue weighted by molar-refractivity contribution is 7.11. The first-order chi connectivity index (χ1) is 10.7. The molecule has 1 saturated carbocycles. The average Bonchev–Trinajstić information content (AvgIpc) is 3.22. The summed E-state index contributed by atoms with van der Waals surface area (Å²) < 4.78 is 0. The van der Waals surface area contributed by atoms with Crippen molar-refractivity contribution in [3.63, 3.8) is 0 Å². The van der Waals surface area contributed by atoms with E-state index in [0.717, 1.165) is 30.5 Å². The number of hydrogen-bond donors (Lipinski definition) is 0. The molecule has 6 heteroatoms. The Balaban J connectivity index is 1.31. The lowest BCUT2D eigenvalue weighted by molar-refractivity contribution is 0.198. The maximum absolute atomic E-state index is 4.39. The van der Waals surface area contributed by atoms with E-state index in [0.29, 0.717) is 12.0 Å². The molecule has 22 heavy (non-hydrogen) atoms. The van der Waals surface area contributed by atoms with Crippen LogP contribution in [-0.2, 0) is 6.54 Å². The molecule has 2 aromatic rings. The van der Waals surface area contributed by atoms with Crippen molar-refractivity contribution in [3.8, 4) is 0 Å². The SMILES string of the molecule is Cc1ncc(CN(C)C2CN(c3ccc(C4CC4)nn3)C2)s1. The highest BCUT2D eigenvalue weighted by Crippen LogP contribution is 2.38. The Bertz CT molecular complexity index is 643. The Hall–Kier alpha value is -1.53. The van der Waals surface area contributed by atoms with E-state index in [1.165, 1.54) is 23.4 Å². The molecule has 0 spiro atoms. The Kier molecular flexibility index (Phi) is 3.58. The van der Waals surface area contributed by atoms with Gasteiger partial charge in [-0.25, -0.2) is 4.98 Å². The Morgan fingerprint density at radius 2 is 2.09 bits per heavy atom. The fourth-order valence-electron chi connectivity index (χ4n) is 2.88. The predicted molar refractivity (Wildman–Crippen MR) is 88.3 cm³/mol. The van der Waals surface area contributed by atoms with Crippen molar-refractivity contribution in [1.29, 1.82) is 0 Å². The van der Waals surface area contributed by atoms with Gasteiger partial charge in [0.1, 0.15) is 0 Å². The van der Waals surface area contributed by atoms with Crippen LogP contribution in [0.5, 0.6) is 0 Å². The van der Waals surface area contributed by atoms with Crippen molar-refractivity contribution in [2.45, 2.75) is 38.3 Å². The zero-order valence-corrected chi connectivity index (χ0v) is 13.9. The van der Waals surface area contributed by atoms with Crippen molar-refractivity contribution >= 4 is 17.2 Å². The lowest BCUT2D eigenvalue weighted by Crippen LogP contribution is -2.58. The maximum atomic E-state index is 4.39. The van der Waals surface area contributed by atoms with Gasteiger partial charge < -0.3 is 4.90 Å². The van der Waals surface area contributed by atoms with E-state index in [-0.39, 0.29) is 0 Å². The Labute approximate surface area is 135 Å². The van der Waals surface area contributed by atoms with Crippen LogP contribution in [0.1, 0.15) is 34.3 Å². The molecule has 0 atom stereocenters. The summed E-state index contributed by atoms with van der Waals surface area (Å²) in [6, 6.07) is 4.87. The third-order valence-electron chi connectivity index (χ3n) is 4.55. The van der Waals surface area contributed by atoms with E-state index < -0.39 is 0 Å². The summed E-state index contributed by atoms with van der Waals surface area (Å²) in [5.74, 6) is 1.70. The molecule has 5 nitrogen and oxygen atoms in total. The van der Waals surface area contributed by atoms with Crippen LogP contribution in [0.3, 0.4) is 0 Å². The molecule has 3 heterocycles. The normalized spacial score (nSPS) is 18.8. The van der Waals surface area contributed by atoms with Gasteiger partial charge in [0.05, 0.1) is 10.7 Å². The van der Waals surface area contributed by atoms with E-state index in [2.05, 4.69) is 51.1 Å². The second-order valence-electron chi connectivity index (χ2n) is 6.41. The maximum Gasteiger partial charge on any atom is 0.151 e. The molecule has 0 N–H and O–H groups in total. The molecule has 0 amide bonds. The lowest BCUT2D eigenvalue weighted by atomic mass is 10.1. The van der Waals surface area contributed by atoms with E-state index in [9.17, 15) is 0 Å². The number of aromatic nitrogens is 3. The Morgan fingerprint density at radius 3 is 2.68 bits per heavy atom. The second kappa shape index (κ2) is 5.59. The van der Waals surface area contributed by atoms with Gasteiger partial charge in [0.2, 0.25) is 0 Å². The third kappa shape index (κ3) is 2.85. The van der Waals surface area contributed by atoms with Crippen molar-refractivity contribution in [2.24, 2.45) is 0 Å². The lowest BCUT2D eigenvalue weighted by Gasteiger charge is -2.44. The van der Waals surface area contributed by atoms with Gasteiger partial charge in [-0.15, -0.1) is 16.4 Å². The van der Waals surface area contributed by atoms with E-state index in [1.807, 2.05) is 6.20 Å². The first kappa shape index (κ1) is 14.1. The average molecular weight is 315 g/mol. The standard InChI is InChI=1S/C16H21N5S/c1-11-17-7-14(22-11)10-20(2)13-8-21(9-13)16-6-5-15(18-19-16)12-3-4-12/h5-7,12-13H,3-4,8-10H2,1-2H3. The molecule has 0 radical (unpaired) electrons. The van der Waals surface area contributed by atoms with Crippen LogP contribution < -0.4 is 4.90 Å². The summed E-state index contributed by atoms with van der Waals surface area (Å²) in [6.07, 6.45) is 4.55. The van der Waals surface area contributed by atoms with Crippen molar-refractivity contribution in [1.82, 2.24) is 20.1 Å². The van der Waals surface area contributed by atoms with Gasteiger partial charge in [0.15, 0.2) is 5.82 Å². The van der Waals surface area contributed by atoms with Gasteiger partial charge in [0, 0.05) is 42.7 Å². The zero-order chi connectivity index (χ0) is 15.1.